The van der Waals surface area contributed by atoms with E-state index in [1.807, 2.05) is 0 Å². The van der Waals surface area contributed by atoms with E-state index in [-0.39, 0.29) is 0 Å². The number of rotatable bonds is 1. The second kappa shape index (κ2) is 4.00. The minimum Gasteiger partial charge on any atom is -0.247 e. The first-order chi connectivity index (χ1) is 7.69. The summed E-state index contributed by atoms with van der Waals surface area (Å²) in [6.07, 6.45) is 5.02. The lowest BCUT2D eigenvalue weighted by molar-refractivity contribution is 0.317. The van der Waals surface area contributed by atoms with Gasteiger partial charge in [0.15, 0.2) is 0 Å². The molecule has 0 aliphatic heterocycles. The molecule has 1 aromatic heterocycles. The van der Waals surface area contributed by atoms with Crippen LogP contribution in [0.5, 0.6) is 0 Å². The molecule has 2 rings (SSSR count). The predicted molar refractivity (Wildman–Crippen MR) is 57.0 cm³/mol. The zero-order valence-corrected chi connectivity index (χ0v) is 8.95. The van der Waals surface area contributed by atoms with Gasteiger partial charge in [0.1, 0.15) is 5.54 Å². The molecule has 16 heavy (non-hydrogen) atoms. The van der Waals surface area contributed by atoms with Crippen molar-refractivity contribution in [3.8, 4) is 6.07 Å². The summed E-state index contributed by atoms with van der Waals surface area (Å²) in [5.41, 5.74) is -2.00. The van der Waals surface area contributed by atoms with Gasteiger partial charge in [-0.2, -0.15) is 5.26 Å². The first-order valence-corrected chi connectivity index (χ1v) is 5.51. The third-order valence-corrected chi connectivity index (χ3v) is 3.25. The Morgan fingerprint density at radius 3 is 2.00 bits per heavy atom. The van der Waals surface area contributed by atoms with E-state index in [1.54, 1.807) is 0 Å². The average molecular weight is 222 g/mol. The van der Waals surface area contributed by atoms with Crippen molar-refractivity contribution in [1.29, 1.82) is 5.26 Å². The number of nitriles is 1. The molecule has 2 N–H and O–H groups in total. The average Bonchev–Trinajstić information content (AvgIpc) is 2.54. The molecule has 0 saturated heterocycles. The van der Waals surface area contributed by atoms with E-state index in [1.165, 1.54) is 0 Å². The van der Waals surface area contributed by atoms with Crippen molar-refractivity contribution in [3.63, 3.8) is 0 Å². The molecule has 0 unspecified atom stereocenters. The normalized spacial score (nSPS) is 19.9. The highest BCUT2D eigenvalue weighted by atomic mass is 16.2. The second-order valence-corrected chi connectivity index (χ2v) is 4.25. The molecule has 0 radical (unpaired) electrons. The van der Waals surface area contributed by atoms with Crippen LogP contribution in [0.3, 0.4) is 0 Å². The minimum atomic E-state index is -0.957. The number of H-pyrrole nitrogens is 2. The van der Waals surface area contributed by atoms with Gasteiger partial charge in [-0.1, -0.05) is 25.7 Å². The standard InChI is InChI=1S/C10H14N4O2/c11-7-10(5-3-1-2-4-6-10)14-8(15)12-13-9(14)16/h1-6H2,(H,12,15)(H,13,16). The number of aromatic amines is 2. The second-order valence-electron chi connectivity index (χ2n) is 4.25. The van der Waals surface area contributed by atoms with Crippen LogP contribution in [0, 0.1) is 11.3 Å². The van der Waals surface area contributed by atoms with Crippen molar-refractivity contribution < 1.29 is 0 Å². The van der Waals surface area contributed by atoms with Crippen LogP contribution in [0.2, 0.25) is 0 Å². The molecule has 0 aromatic carbocycles. The molecule has 1 fully saturated rings. The van der Waals surface area contributed by atoms with Crippen LogP contribution in [0.25, 0.3) is 0 Å². The van der Waals surface area contributed by atoms with Crippen molar-refractivity contribution in [2.75, 3.05) is 0 Å². The largest absolute Gasteiger partial charge is 0.345 e. The molecule has 0 bridgehead atoms. The smallest absolute Gasteiger partial charge is 0.247 e. The third kappa shape index (κ3) is 1.58. The van der Waals surface area contributed by atoms with Crippen molar-refractivity contribution in [2.24, 2.45) is 0 Å². The Bertz CT molecular complexity index is 480. The molecule has 1 aliphatic rings. The van der Waals surface area contributed by atoms with Gasteiger partial charge >= 0.3 is 11.4 Å². The summed E-state index contributed by atoms with van der Waals surface area (Å²) in [5.74, 6) is 0. The van der Waals surface area contributed by atoms with Crippen LogP contribution < -0.4 is 11.4 Å². The highest BCUT2D eigenvalue weighted by Gasteiger charge is 2.36. The Labute approximate surface area is 91.9 Å². The summed E-state index contributed by atoms with van der Waals surface area (Å²) in [4.78, 5) is 23.1. The first-order valence-electron chi connectivity index (χ1n) is 5.51. The Morgan fingerprint density at radius 2 is 1.56 bits per heavy atom. The fraction of sp³-hybridized carbons (Fsp3) is 0.700. The Kier molecular flexibility index (Phi) is 2.69. The van der Waals surface area contributed by atoms with Gasteiger partial charge in [0.2, 0.25) is 0 Å². The molecule has 1 aromatic rings. The van der Waals surface area contributed by atoms with Crippen molar-refractivity contribution >= 4 is 0 Å². The molecule has 1 saturated carbocycles. The quantitative estimate of drug-likeness (QED) is 0.675. The fourth-order valence-electron chi connectivity index (χ4n) is 2.40. The fourth-order valence-corrected chi connectivity index (χ4v) is 2.40. The van der Waals surface area contributed by atoms with E-state index in [2.05, 4.69) is 16.3 Å². The number of nitrogens with zero attached hydrogens (tertiary/aromatic N) is 2. The Hall–Kier alpha value is -1.77. The van der Waals surface area contributed by atoms with E-state index < -0.39 is 16.9 Å². The van der Waals surface area contributed by atoms with Gasteiger partial charge in [0.25, 0.3) is 0 Å². The minimum absolute atomic E-state index is 0.520. The van der Waals surface area contributed by atoms with Crippen LogP contribution in [0.4, 0.5) is 0 Å². The molecule has 6 nitrogen and oxygen atoms in total. The number of hydrogen-bond donors (Lipinski definition) is 2. The highest BCUT2D eigenvalue weighted by Crippen LogP contribution is 2.31. The molecule has 0 atom stereocenters. The number of hydrogen-bond acceptors (Lipinski definition) is 3. The molecule has 86 valence electrons. The van der Waals surface area contributed by atoms with Crippen LogP contribution >= 0.6 is 0 Å². The lowest BCUT2D eigenvalue weighted by Gasteiger charge is -2.23. The SMILES string of the molecule is N#CC1(n2c(=O)[nH][nH]c2=O)CCCCCC1. The number of nitrogens with one attached hydrogen (secondary N) is 2. The van der Waals surface area contributed by atoms with E-state index in [0.29, 0.717) is 12.8 Å². The molecule has 6 heteroatoms. The van der Waals surface area contributed by atoms with Gasteiger partial charge in [-0.25, -0.2) is 24.4 Å². The van der Waals surface area contributed by atoms with Crippen LogP contribution in [0.1, 0.15) is 38.5 Å². The summed E-state index contributed by atoms with van der Waals surface area (Å²) >= 11 is 0. The van der Waals surface area contributed by atoms with E-state index >= 15 is 0 Å². The predicted octanol–water partition coefficient (Wildman–Crippen LogP) is 0.438. The van der Waals surface area contributed by atoms with Crippen LogP contribution in [-0.2, 0) is 5.54 Å². The summed E-state index contributed by atoms with van der Waals surface area (Å²) in [5, 5.41) is 13.8. The molecule has 1 aliphatic carbocycles. The van der Waals surface area contributed by atoms with Crippen molar-refractivity contribution in [1.82, 2.24) is 14.8 Å². The lowest BCUT2D eigenvalue weighted by atomic mass is 9.92. The molecular formula is C10H14N4O2. The number of aromatic nitrogens is 3. The zero-order chi connectivity index (χ0) is 11.6. The summed E-state index contributed by atoms with van der Waals surface area (Å²) in [7, 11) is 0. The van der Waals surface area contributed by atoms with Crippen LogP contribution in [0.15, 0.2) is 9.59 Å². The maximum atomic E-state index is 11.5. The first kappa shape index (κ1) is 10.7. The van der Waals surface area contributed by atoms with Gasteiger partial charge in [-0.3, -0.25) is 0 Å². The van der Waals surface area contributed by atoms with Gasteiger partial charge in [-0.05, 0) is 12.8 Å². The molecule has 1 heterocycles. The van der Waals surface area contributed by atoms with Crippen molar-refractivity contribution in [3.05, 3.63) is 21.0 Å². The van der Waals surface area contributed by atoms with Crippen LogP contribution in [-0.4, -0.2) is 14.8 Å². The van der Waals surface area contributed by atoms with E-state index in [9.17, 15) is 14.9 Å². The monoisotopic (exact) mass is 222 g/mol. The highest BCUT2D eigenvalue weighted by molar-refractivity contribution is 5.06. The third-order valence-electron chi connectivity index (χ3n) is 3.25. The van der Waals surface area contributed by atoms with Gasteiger partial charge in [0, 0.05) is 0 Å². The Balaban J connectivity index is 2.53. The molecule has 0 amide bonds. The maximum absolute atomic E-state index is 11.5. The van der Waals surface area contributed by atoms with Gasteiger partial charge < -0.3 is 0 Å². The van der Waals surface area contributed by atoms with E-state index in [0.717, 1.165) is 30.3 Å². The van der Waals surface area contributed by atoms with Gasteiger partial charge in [0.05, 0.1) is 6.07 Å². The summed E-state index contributed by atoms with van der Waals surface area (Å²) in [6.45, 7) is 0. The van der Waals surface area contributed by atoms with Crippen molar-refractivity contribution in [2.45, 2.75) is 44.1 Å². The van der Waals surface area contributed by atoms with Gasteiger partial charge in [-0.15, -0.1) is 0 Å². The molecular weight excluding hydrogens is 208 g/mol. The summed E-state index contributed by atoms with van der Waals surface area (Å²) < 4.78 is 1.04. The zero-order valence-electron chi connectivity index (χ0n) is 8.95. The topological polar surface area (TPSA) is 94.4 Å². The van der Waals surface area contributed by atoms with E-state index in [4.69, 9.17) is 0 Å². The maximum Gasteiger partial charge on any atom is 0.345 e. The molecule has 0 spiro atoms. The Morgan fingerprint density at radius 1 is 1.06 bits per heavy atom. The summed E-state index contributed by atoms with van der Waals surface area (Å²) in [6, 6.07) is 2.16. The lowest BCUT2D eigenvalue weighted by Crippen LogP contribution is -2.44.